The average Bonchev–Trinajstić information content (AvgIpc) is 2.66. The van der Waals surface area contributed by atoms with E-state index in [1.807, 2.05) is 48.5 Å². The molecule has 1 heterocycles. The van der Waals surface area contributed by atoms with Crippen molar-refractivity contribution in [2.24, 2.45) is 0 Å². The molecule has 7 heteroatoms. The molecular formula is C20H24N2O4S. The number of amides is 1. The Balaban J connectivity index is 1.87. The summed E-state index contributed by atoms with van der Waals surface area (Å²) < 4.78 is 31.3. The lowest BCUT2D eigenvalue weighted by molar-refractivity contribution is -0.135. The van der Waals surface area contributed by atoms with Crippen molar-refractivity contribution in [3.63, 3.8) is 0 Å². The summed E-state index contributed by atoms with van der Waals surface area (Å²) >= 11 is 0. The number of carbonyl (C=O) groups excluding carboxylic acids is 1. The van der Waals surface area contributed by atoms with Gasteiger partial charge in [0.2, 0.25) is 15.9 Å². The fraction of sp³-hybridized carbons (Fsp3) is 0.350. The Morgan fingerprint density at radius 3 is 2.44 bits per heavy atom. The zero-order chi connectivity index (χ0) is 19.6. The first-order valence-corrected chi connectivity index (χ1v) is 10.6. The Hall–Kier alpha value is -2.38. The zero-order valence-electron chi connectivity index (χ0n) is 15.8. The maximum Gasteiger partial charge on any atom is 0.241 e. The molecule has 1 aliphatic heterocycles. The van der Waals surface area contributed by atoms with Gasteiger partial charge < -0.3 is 9.64 Å². The molecule has 1 amide bonds. The summed E-state index contributed by atoms with van der Waals surface area (Å²) in [6.45, 7) is 0.562. The Kier molecular flexibility index (Phi) is 5.53. The van der Waals surface area contributed by atoms with E-state index < -0.39 is 16.1 Å². The minimum absolute atomic E-state index is 0.216. The summed E-state index contributed by atoms with van der Waals surface area (Å²) in [5.74, 6) is 0.479. The van der Waals surface area contributed by atoms with Crippen LogP contribution in [0.2, 0.25) is 0 Å². The maximum atomic E-state index is 13.1. The van der Waals surface area contributed by atoms with Crippen LogP contribution in [-0.4, -0.2) is 50.0 Å². The number of hydrogen-bond donors (Lipinski definition) is 0. The van der Waals surface area contributed by atoms with Gasteiger partial charge in [-0.2, -0.15) is 4.31 Å². The normalized spacial score (nSPS) is 17.2. The van der Waals surface area contributed by atoms with E-state index in [1.165, 1.54) is 4.31 Å². The van der Waals surface area contributed by atoms with Crippen LogP contribution in [0.25, 0.3) is 0 Å². The van der Waals surface area contributed by atoms with E-state index in [1.54, 1.807) is 19.1 Å². The van der Waals surface area contributed by atoms with Gasteiger partial charge in [-0.25, -0.2) is 8.42 Å². The van der Waals surface area contributed by atoms with Crippen molar-refractivity contribution in [2.75, 3.05) is 20.4 Å². The molecule has 1 atom stereocenters. The number of nitrogens with zero attached hydrogens (tertiary/aromatic N) is 2. The van der Waals surface area contributed by atoms with Crippen molar-refractivity contribution in [1.82, 2.24) is 9.21 Å². The Morgan fingerprint density at radius 1 is 1.15 bits per heavy atom. The molecule has 3 rings (SSSR count). The number of fused-ring (bicyclic) bond motifs is 1. The number of para-hydroxylation sites is 1. The smallest absolute Gasteiger partial charge is 0.241 e. The summed E-state index contributed by atoms with van der Waals surface area (Å²) in [6.07, 6.45) is 1.53. The van der Waals surface area contributed by atoms with Gasteiger partial charge in [0.15, 0.2) is 0 Å². The first-order valence-electron chi connectivity index (χ1n) is 8.71. The van der Waals surface area contributed by atoms with Gasteiger partial charge in [0.05, 0.1) is 13.4 Å². The van der Waals surface area contributed by atoms with E-state index in [2.05, 4.69) is 0 Å². The minimum atomic E-state index is -3.52. The minimum Gasteiger partial charge on any atom is -0.496 e. The highest BCUT2D eigenvalue weighted by atomic mass is 32.2. The van der Waals surface area contributed by atoms with Gasteiger partial charge >= 0.3 is 0 Å². The summed E-state index contributed by atoms with van der Waals surface area (Å²) in [4.78, 5) is 14.7. The number of sulfonamides is 1. The van der Waals surface area contributed by atoms with Crippen LogP contribution in [0.3, 0.4) is 0 Å². The Morgan fingerprint density at radius 2 is 1.78 bits per heavy atom. The highest BCUT2D eigenvalue weighted by molar-refractivity contribution is 7.88. The molecule has 0 N–H and O–H groups in total. The van der Waals surface area contributed by atoms with Crippen molar-refractivity contribution >= 4 is 15.9 Å². The molecule has 0 saturated heterocycles. The van der Waals surface area contributed by atoms with E-state index in [0.717, 1.165) is 22.9 Å². The quantitative estimate of drug-likeness (QED) is 0.786. The van der Waals surface area contributed by atoms with Gasteiger partial charge in [0, 0.05) is 25.7 Å². The van der Waals surface area contributed by atoms with Gasteiger partial charge in [0.25, 0.3) is 0 Å². The molecule has 2 aromatic rings. The first-order chi connectivity index (χ1) is 12.8. The van der Waals surface area contributed by atoms with Gasteiger partial charge in [-0.05, 0) is 23.6 Å². The molecule has 0 saturated carbocycles. The van der Waals surface area contributed by atoms with Crippen molar-refractivity contribution in [3.05, 3.63) is 65.2 Å². The summed E-state index contributed by atoms with van der Waals surface area (Å²) in [6, 6.07) is 14.4. The summed E-state index contributed by atoms with van der Waals surface area (Å²) in [5.41, 5.74) is 2.83. The molecule has 144 valence electrons. The summed E-state index contributed by atoms with van der Waals surface area (Å²) in [7, 11) is -0.243. The zero-order valence-corrected chi connectivity index (χ0v) is 16.6. The van der Waals surface area contributed by atoms with E-state index >= 15 is 0 Å². The van der Waals surface area contributed by atoms with Gasteiger partial charge in [0.1, 0.15) is 11.8 Å². The van der Waals surface area contributed by atoms with Crippen LogP contribution in [0.4, 0.5) is 0 Å². The second-order valence-electron chi connectivity index (χ2n) is 6.80. The topological polar surface area (TPSA) is 66.9 Å². The third-order valence-electron chi connectivity index (χ3n) is 4.89. The van der Waals surface area contributed by atoms with Crippen LogP contribution in [0.1, 0.15) is 16.7 Å². The van der Waals surface area contributed by atoms with Crippen LogP contribution in [0, 0.1) is 0 Å². The van der Waals surface area contributed by atoms with E-state index in [0.29, 0.717) is 18.7 Å². The second kappa shape index (κ2) is 7.70. The fourth-order valence-corrected chi connectivity index (χ4v) is 4.48. The SMILES string of the molecule is COc1ccccc1CN(C)C(=O)[C@@H]1Cc2ccccc2CN1S(C)(=O)=O. The molecule has 0 radical (unpaired) electrons. The molecule has 0 aliphatic carbocycles. The number of hydrogen-bond acceptors (Lipinski definition) is 4. The van der Waals surface area contributed by atoms with Crippen LogP contribution in [0.15, 0.2) is 48.5 Å². The number of likely N-dealkylation sites (N-methyl/N-ethyl adjacent to an activating group) is 1. The van der Waals surface area contributed by atoms with Gasteiger partial charge in [-0.15, -0.1) is 0 Å². The molecule has 0 bridgehead atoms. The van der Waals surface area contributed by atoms with Gasteiger partial charge in [-0.1, -0.05) is 42.5 Å². The molecule has 1 aliphatic rings. The van der Waals surface area contributed by atoms with E-state index in [9.17, 15) is 13.2 Å². The Bertz CT molecular complexity index is 943. The largest absolute Gasteiger partial charge is 0.496 e. The summed E-state index contributed by atoms with van der Waals surface area (Å²) in [5, 5.41) is 0. The number of rotatable bonds is 5. The number of methoxy groups -OCH3 is 1. The van der Waals surface area contributed by atoms with Crippen molar-refractivity contribution < 1.29 is 17.9 Å². The van der Waals surface area contributed by atoms with Crippen molar-refractivity contribution in [1.29, 1.82) is 0 Å². The average molecular weight is 388 g/mol. The third kappa shape index (κ3) is 4.14. The second-order valence-corrected chi connectivity index (χ2v) is 8.74. The lowest BCUT2D eigenvalue weighted by Gasteiger charge is -2.36. The molecule has 2 aromatic carbocycles. The number of ether oxygens (including phenoxy) is 1. The van der Waals surface area contributed by atoms with Crippen molar-refractivity contribution in [3.8, 4) is 5.75 Å². The molecular weight excluding hydrogens is 364 g/mol. The van der Waals surface area contributed by atoms with Crippen LogP contribution < -0.4 is 4.74 Å². The molecule has 0 fully saturated rings. The molecule has 6 nitrogen and oxygen atoms in total. The van der Waals surface area contributed by atoms with Crippen molar-refractivity contribution in [2.45, 2.75) is 25.6 Å². The number of benzene rings is 2. The molecule has 0 aromatic heterocycles. The maximum absolute atomic E-state index is 13.1. The third-order valence-corrected chi connectivity index (χ3v) is 6.13. The van der Waals surface area contributed by atoms with Gasteiger partial charge in [-0.3, -0.25) is 4.79 Å². The number of carbonyl (C=O) groups is 1. The predicted molar refractivity (Wildman–Crippen MR) is 104 cm³/mol. The first kappa shape index (κ1) is 19.4. The van der Waals surface area contributed by atoms with E-state index in [4.69, 9.17) is 4.74 Å². The Labute approximate surface area is 160 Å². The van der Waals surface area contributed by atoms with Crippen LogP contribution in [-0.2, 0) is 34.3 Å². The fourth-order valence-electron chi connectivity index (χ4n) is 3.48. The van der Waals surface area contributed by atoms with Crippen LogP contribution in [0.5, 0.6) is 5.75 Å². The molecule has 0 spiro atoms. The standard InChI is InChI=1S/C20H24N2O4S/c1-21(13-17-10-6-7-11-19(17)26-2)20(23)18-12-15-8-4-5-9-16(15)14-22(18)27(3,24)25/h4-11,18H,12-14H2,1-3H3/t18-/m0/s1. The highest BCUT2D eigenvalue weighted by Gasteiger charge is 2.38. The van der Waals surface area contributed by atoms with Crippen LogP contribution >= 0.6 is 0 Å². The monoisotopic (exact) mass is 388 g/mol. The molecule has 0 unspecified atom stereocenters. The lowest BCUT2D eigenvalue weighted by atomic mass is 9.95. The highest BCUT2D eigenvalue weighted by Crippen LogP contribution is 2.27. The predicted octanol–water partition coefficient (Wildman–Crippen LogP) is 2.04. The lowest BCUT2D eigenvalue weighted by Crippen LogP contribution is -2.52. The molecule has 27 heavy (non-hydrogen) atoms. The van der Waals surface area contributed by atoms with E-state index in [-0.39, 0.29) is 12.5 Å².